The first-order valence-corrected chi connectivity index (χ1v) is 8.64. The molecule has 1 unspecified atom stereocenters. The van der Waals surface area contributed by atoms with Crippen molar-refractivity contribution in [3.05, 3.63) is 96.3 Å². The standard InChI is InChI=1S/C21H15FN3S/c22-17-8-6-14(7-9-17)18-19(15-10-12-23-13-11-15)25-21(24-18)20(26)16-4-2-1-3-5-16/h1-2,4-13,20,26H,(H,24,25). The number of hydrogen-bond donors (Lipinski definition) is 2. The molecular formula is C21H15FN3S. The molecule has 0 fully saturated rings. The summed E-state index contributed by atoms with van der Waals surface area (Å²) in [4.78, 5) is 12.2. The van der Waals surface area contributed by atoms with Crippen LogP contribution < -0.4 is 0 Å². The molecule has 3 nitrogen and oxygen atoms in total. The third-order valence-electron chi connectivity index (χ3n) is 4.11. The fraction of sp³-hybridized carbons (Fsp3) is 0.0476. The second-order valence-corrected chi connectivity index (χ2v) is 6.34. The van der Waals surface area contributed by atoms with Gasteiger partial charge in [0, 0.05) is 23.5 Å². The first-order chi connectivity index (χ1) is 12.7. The molecule has 127 valence electrons. The lowest BCUT2D eigenvalue weighted by Crippen LogP contribution is -1.95. The molecule has 1 radical (unpaired) electrons. The summed E-state index contributed by atoms with van der Waals surface area (Å²) in [5.41, 5.74) is 4.40. The van der Waals surface area contributed by atoms with Gasteiger partial charge in [0.15, 0.2) is 0 Å². The van der Waals surface area contributed by atoms with Crippen molar-refractivity contribution in [2.45, 2.75) is 5.25 Å². The maximum atomic E-state index is 13.3. The first kappa shape index (κ1) is 16.5. The number of hydrogen-bond acceptors (Lipinski definition) is 3. The van der Waals surface area contributed by atoms with Gasteiger partial charge in [0.05, 0.1) is 16.6 Å². The van der Waals surface area contributed by atoms with Crippen LogP contribution in [-0.4, -0.2) is 15.0 Å². The maximum absolute atomic E-state index is 13.3. The first-order valence-electron chi connectivity index (χ1n) is 8.12. The Morgan fingerprint density at radius 1 is 1.00 bits per heavy atom. The number of benzene rings is 2. The number of rotatable bonds is 4. The molecule has 2 aromatic carbocycles. The number of nitrogens with zero attached hydrogens (tertiary/aromatic N) is 2. The lowest BCUT2D eigenvalue weighted by Gasteiger charge is -2.07. The normalized spacial score (nSPS) is 12.1. The summed E-state index contributed by atoms with van der Waals surface area (Å²) >= 11 is 4.72. The van der Waals surface area contributed by atoms with Crippen molar-refractivity contribution < 1.29 is 4.39 Å². The molecule has 4 rings (SSSR count). The molecule has 0 spiro atoms. The van der Waals surface area contributed by atoms with Gasteiger partial charge in [-0.1, -0.05) is 18.2 Å². The lowest BCUT2D eigenvalue weighted by atomic mass is 10.1. The van der Waals surface area contributed by atoms with E-state index in [9.17, 15) is 4.39 Å². The zero-order valence-electron chi connectivity index (χ0n) is 13.7. The van der Waals surface area contributed by atoms with Gasteiger partial charge in [-0.05, 0) is 54.1 Å². The van der Waals surface area contributed by atoms with Crippen LogP contribution in [0.5, 0.6) is 0 Å². The molecule has 0 aliphatic carbocycles. The smallest absolute Gasteiger partial charge is 0.124 e. The van der Waals surface area contributed by atoms with Crippen molar-refractivity contribution >= 4 is 12.6 Å². The molecule has 2 aromatic heterocycles. The highest BCUT2D eigenvalue weighted by Gasteiger charge is 2.19. The summed E-state index contributed by atoms with van der Waals surface area (Å²) in [6.07, 6.45) is 3.45. The maximum Gasteiger partial charge on any atom is 0.124 e. The van der Waals surface area contributed by atoms with Crippen LogP contribution in [0.15, 0.2) is 73.1 Å². The topological polar surface area (TPSA) is 41.6 Å². The Labute approximate surface area is 156 Å². The third-order valence-corrected chi connectivity index (χ3v) is 4.66. The van der Waals surface area contributed by atoms with E-state index >= 15 is 0 Å². The van der Waals surface area contributed by atoms with Gasteiger partial charge in [-0.2, -0.15) is 12.6 Å². The Balaban J connectivity index is 1.84. The second-order valence-electron chi connectivity index (χ2n) is 5.83. The summed E-state index contributed by atoms with van der Waals surface area (Å²) in [5, 5.41) is -0.220. The molecule has 2 heterocycles. The fourth-order valence-corrected chi connectivity index (χ4v) is 3.08. The van der Waals surface area contributed by atoms with E-state index in [1.54, 1.807) is 24.5 Å². The molecule has 0 amide bonds. The predicted molar refractivity (Wildman–Crippen MR) is 103 cm³/mol. The zero-order chi connectivity index (χ0) is 17.9. The molecule has 0 saturated carbocycles. The van der Waals surface area contributed by atoms with E-state index in [2.05, 4.69) is 16.0 Å². The molecule has 0 bridgehead atoms. The van der Waals surface area contributed by atoms with E-state index in [1.807, 2.05) is 36.4 Å². The molecule has 4 aromatic rings. The number of halogens is 1. The van der Waals surface area contributed by atoms with Crippen LogP contribution in [0.4, 0.5) is 4.39 Å². The van der Waals surface area contributed by atoms with Gasteiger partial charge in [0.1, 0.15) is 11.6 Å². The molecule has 0 saturated heterocycles. The summed E-state index contributed by atoms with van der Waals surface area (Å²) in [5.74, 6) is 0.449. The van der Waals surface area contributed by atoms with Crippen molar-refractivity contribution in [2.75, 3.05) is 0 Å². The summed E-state index contributed by atoms with van der Waals surface area (Å²) in [6, 6.07) is 20.9. The number of pyridine rings is 1. The van der Waals surface area contributed by atoms with Gasteiger partial charge in [0.2, 0.25) is 0 Å². The van der Waals surface area contributed by atoms with Crippen LogP contribution in [0, 0.1) is 11.9 Å². The molecule has 26 heavy (non-hydrogen) atoms. The minimum Gasteiger partial charge on any atom is -0.340 e. The molecule has 0 aliphatic heterocycles. The average molecular weight is 360 g/mol. The summed E-state index contributed by atoms with van der Waals surface area (Å²) < 4.78 is 13.3. The Hall–Kier alpha value is -2.92. The number of thiol groups is 1. The third kappa shape index (κ3) is 3.26. The van der Waals surface area contributed by atoms with Gasteiger partial charge < -0.3 is 4.98 Å². The SMILES string of the molecule is Fc1ccc(-c2[nH]c(C(S)c3c[c]ccc3)nc2-c2ccncc2)cc1. The van der Waals surface area contributed by atoms with Crippen LogP contribution in [-0.2, 0) is 0 Å². The van der Waals surface area contributed by atoms with Crippen LogP contribution in [0.3, 0.4) is 0 Å². The largest absolute Gasteiger partial charge is 0.340 e. The Morgan fingerprint density at radius 3 is 2.46 bits per heavy atom. The van der Waals surface area contributed by atoms with Gasteiger partial charge in [-0.25, -0.2) is 9.37 Å². The van der Waals surface area contributed by atoms with E-state index < -0.39 is 0 Å². The number of aromatic amines is 1. The van der Waals surface area contributed by atoms with Gasteiger partial charge >= 0.3 is 0 Å². The Bertz CT molecular complexity index is 999. The highest BCUT2D eigenvalue weighted by atomic mass is 32.1. The van der Waals surface area contributed by atoms with E-state index in [1.165, 1.54) is 12.1 Å². The van der Waals surface area contributed by atoms with Crippen LogP contribution in [0.1, 0.15) is 16.6 Å². The highest BCUT2D eigenvalue weighted by Crippen LogP contribution is 2.34. The summed E-state index contributed by atoms with van der Waals surface area (Å²) in [6.45, 7) is 0. The highest BCUT2D eigenvalue weighted by molar-refractivity contribution is 7.80. The fourth-order valence-electron chi connectivity index (χ4n) is 2.80. The van der Waals surface area contributed by atoms with Crippen LogP contribution >= 0.6 is 12.6 Å². The number of aromatic nitrogens is 3. The molecule has 1 N–H and O–H groups in total. The van der Waals surface area contributed by atoms with E-state index in [0.29, 0.717) is 0 Å². The van der Waals surface area contributed by atoms with Crippen molar-refractivity contribution in [2.24, 2.45) is 0 Å². The summed E-state index contributed by atoms with van der Waals surface area (Å²) in [7, 11) is 0. The van der Waals surface area contributed by atoms with Crippen LogP contribution in [0.2, 0.25) is 0 Å². The van der Waals surface area contributed by atoms with E-state index in [-0.39, 0.29) is 11.1 Å². The number of nitrogens with one attached hydrogen (secondary N) is 1. The molecule has 0 aliphatic rings. The Morgan fingerprint density at radius 2 is 1.77 bits per heavy atom. The monoisotopic (exact) mass is 360 g/mol. The lowest BCUT2D eigenvalue weighted by molar-refractivity contribution is 0.628. The van der Waals surface area contributed by atoms with E-state index in [4.69, 9.17) is 17.6 Å². The van der Waals surface area contributed by atoms with Gasteiger partial charge in [0.25, 0.3) is 0 Å². The minimum atomic E-state index is -0.272. The van der Waals surface area contributed by atoms with Crippen molar-refractivity contribution in [3.8, 4) is 22.5 Å². The predicted octanol–water partition coefficient (Wildman–Crippen LogP) is 5.10. The second kappa shape index (κ2) is 7.14. The van der Waals surface area contributed by atoms with Crippen molar-refractivity contribution in [1.29, 1.82) is 0 Å². The number of H-pyrrole nitrogens is 1. The zero-order valence-corrected chi connectivity index (χ0v) is 14.6. The van der Waals surface area contributed by atoms with Crippen LogP contribution in [0.25, 0.3) is 22.5 Å². The van der Waals surface area contributed by atoms with Gasteiger partial charge in [-0.15, -0.1) is 0 Å². The minimum absolute atomic E-state index is 0.220. The molecule has 5 heteroatoms. The average Bonchev–Trinajstić information content (AvgIpc) is 3.15. The molecule has 1 atom stereocenters. The van der Waals surface area contributed by atoms with Crippen molar-refractivity contribution in [1.82, 2.24) is 15.0 Å². The van der Waals surface area contributed by atoms with Crippen molar-refractivity contribution in [3.63, 3.8) is 0 Å². The molecular weight excluding hydrogens is 345 g/mol. The quantitative estimate of drug-likeness (QED) is 0.497. The number of imidazole rings is 1. The van der Waals surface area contributed by atoms with Gasteiger partial charge in [-0.3, -0.25) is 4.98 Å². The Kier molecular flexibility index (Phi) is 4.54. The van der Waals surface area contributed by atoms with E-state index in [0.717, 1.165) is 33.9 Å².